The van der Waals surface area contributed by atoms with E-state index in [0.717, 1.165) is 32.8 Å². The van der Waals surface area contributed by atoms with Crippen LogP contribution in [-0.2, 0) is 9.59 Å². The standard InChI is InChI=1S/C29H26N2O4/c1-3-34-22-14-13-17(15-23(22)35-4-2)16-30-31-28(32)26-24-18-9-5-6-10-19(18)25(27(26)29(31)33)21-12-8-7-11-20(21)24/h5-16,24-27H,3-4H2,1-2H3/b30-16-/t24?,25?,26-,27-/m0/s1. The van der Waals surface area contributed by atoms with Gasteiger partial charge in [0.25, 0.3) is 11.8 Å². The van der Waals surface area contributed by atoms with Crippen LogP contribution in [0.4, 0.5) is 0 Å². The van der Waals surface area contributed by atoms with E-state index in [0.29, 0.717) is 24.7 Å². The van der Waals surface area contributed by atoms with Crippen LogP contribution in [0.15, 0.2) is 71.8 Å². The lowest BCUT2D eigenvalue weighted by Gasteiger charge is -2.45. The molecule has 1 fully saturated rings. The van der Waals surface area contributed by atoms with Crippen LogP contribution in [0.25, 0.3) is 0 Å². The van der Waals surface area contributed by atoms with E-state index in [4.69, 9.17) is 9.47 Å². The Kier molecular flexibility index (Phi) is 5.17. The average molecular weight is 467 g/mol. The molecule has 0 aromatic heterocycles. The second-order valence-corrected chi connectivity index (χ2v) is 9.07. The van der Waals surface area contributed by atoms with E-state index in [1.165, 1.54) is 0 Å². The summed E-state index contributed by atoms with van der Waals surface area (Å²) in [5.41, 5.74) is 5.33. The van der Waals surface area contributed by atoms with Gasteiger partial charge in [-0.15, -0.1) is 0 Å². The summed E-state index contributed by atoms with van der Waals surface area (Å²) in [6, 6.07) is 21.9. The summed E-state index contributed by atoms with van der Waals surface area (Å²) in [6.45, 7) is 4.85. The molecule has 1 saturated heterocycles. The number of nitrogens with zero attached hydrogens (tertiary/aromatic N) is 2. The van der Waals surface area contributed by atoms with Gasteiger partial charge in [-0.25, -0.2) is 0 Å². The Morgan fingerprint density at radius 2 is 1.23 bits per heavy atom. The Labute approximate surface area is 204 Å². The Balaban J connectivity index is 1.36. The normalized spacial score (nSPS) is 23.9. The highest BCUT2D eigenvalue weighted by atomic mass is 16.5. The number of hydrogen-bond donors (Lipinski definition) is 0. The number of ether oxygens (including phenoxy) is 2. The van der Waals surface area contributed by atoms with E-state index in [9.17, 15) is 9.59 Å². The van der Waals surface area contributed by atoms with Gasteiger partial charge in [-0.1, -0.05) is 48.5 Å². The molecular formula is C29H26N2O4. The number of carbonyl (C=O) groups excluding carboxylic acids is 2. The van der Waals surface area contributed by atoms with Crippen LogP contribution in [0.5, 0.6) is 11.5 Å². The molecule has 7 rings (SSSR count). The first-order valence-corrected chi connectivity index (χ1v) is 12.1. The fraction of sp³-hybridized carbons (Fsp3) is 0.276. The van der Waals surface area contributed by atoms with E-state index >= 15 is 0 Å². The van der Waals surface area contributed by atoms with E-state index in [1.54, 1.807) is 6.21 Å². The zero-order valence-electron chi connectivity index (χ0n) is 19.7. The molecule has 2 amide bonds. The smallest absolute Gasteiger partial charge is 0.254 e. The van der Waals surface area contributed by atoms with Crippen LogP contribution in [-0.4, -0.2) is 36.3 Å². The molecular weight excluding hydrogens is 440 g/mol. The Morgan fingerprint density at radius 3 is 1.71 bits per heavy atom. The van der Waals surface area contributed by atoms with Crippen molar-refractivity contribution in [3.05, 3.63) is 94.5 Å². The Hall–Kier alpha value is -3.93. The summed E-state index contributed by atoms with van der Waals surface area (Å²) < 4.78 is 11.3. The van der Waals surface area contributed by atoms with Crippen molar-refractivity contribution in [2.45, 2.75) is 25.7 Å². The van der Waals surface area contributed by atoms with Crippen molar-refractivity contribution in [1.29, 1.82) is 0 Å². The van der Waals surface area contributed by atoms with E-state index < -0.39 is 11.8 Å². The quantitative estimate of drug-likeness (QED) is 0.390. The summed E-state index contributed by atoms with van der Waals surface area (Å²) in [4.78, 5) is 27.3. The van der Waals surface area contributed by atoms with Crippen LogP contribution >= 0.6 is 0 Å². The fourth-order valence-electron chi connectivity index (χ4n) is 6.05. The maximum absolute atomic E-state index is 13.6. The molecule has 2 bridgehead atoms. The molecule has 176 valence electrons. The van der Waals surface area contributed by atoms with Crippen LogP contribution in [0.3, 0.4) is 0 Å². The van der Waals surface area contributed by atoms with Crippen molar-refractivity contribution in [3.8, 4) is 11.5 Å². The molecule has 0 N–H and O–H groups in total. The Morgan fingerprint density at radius 1 is 0.743 bits per heavy atom. The van der Waals surface area contributed by atoms with Gasteiger partial charge in [-0.2, -0.15) is 10.1 Å². The highest BCUT2D eigenvalue weighted by molar-refractivity contribution is 6.08. The van der Waals surface area contributed by atoms with Gasteiger partial charge in [-0.3, -0.25) is 9.59 Å². The van der Waals surface area contributed by atoms with Gasteiger partial charge in [0.2, 0.25) is 0 Å². The summed E-state index contributed by atoms with van der Waals surface area (Å²) in [5, 5.41) is 5.48. The summed E-state index contributed by atoms with van der Waals surface area (Å²) in [7, 11) is 0. The van der Waals surface area contributed by atoms with Crippen molar-refractivity contribution in [2.24, 2.45) is 16.9 Å². The van der Waals surface area contributed by atoms with Crippen LogP contribution in [0.1, 0.15) is 53.5 Å². The zero-order chi connectivity index (χ0) is 24.1. The van der Waals surface area contributed by atoms with Crippen molar-refractivity contribution >= 4 is 18.0 Å². The SMILES string of the molecule is CCOc1ccc(/C=N\N2C(=O)[C@H]3C4c5ccccc5C(c5ccccc54)[C@@H]3C2=O)cc1OCC. The minimum Gasteiger partial charge on any atom is -0.490 e. The van der Waals surface area contributed by atoms with Crippen LogP contribution in [0.2, 0.25) is 0 Å². The zero-order valence-corrected chi connectivity index (χ0v) is 19.7. The minimum atomic E-state index is -0.436. The molecule has 3 aromatic carbocycles. The highest BCUT2D eigenvalue weighted by Gasteiger charge is 2.61. The molecule has 0 saturated carbocycles. The number of hydrogen-bond acceptors (Lipinski definition) is 5. The molecule has 2 atom stereocenters. The van der Waals surface area contributed by atoms with E-state index in [1.807, 2.05) is 56.3 Å². The fourth-order valence-corrected chi connectivity index (χ4v) is 6.05. The lowest BCUT2D eigenvalue weighted by Crippen LogP contribution is -2.41. The van der Waals surface area contributed by atoms with Crippen LogP contribution in [0, 0.1) is 11.8 Å². The second-order valence-electron chi connectivity index (χ2n) is 9.07. The Bertz CT molecular complexity index is 1250. The number of benzene rings is 3. The molecule has 0 radical (unpaired) electrons. The lowest BCUT2D eigenvalue weighted by atomic mass is 9.55. The van der Waals surface area contributed by atoms with Gasteiger partial charge < -0.3 is 9.47 Å². The van der Waals surface area contributed by atoms with Gasteiger partial charge >= 0.3 is 0 Å². The van der Waals surface area contributed by atoms with Crippen molar-refractivity contribution < 1.29 is 19.1 Å². The maximum Gasteiger partial charge on any atom is 0.254 e. The van der Waals surface area contributed by atoms with Crippen LogP contribution < -0.4 is 9.47 Å². The summed E-state index contributed by atoms with van der Waals surface area (Å²) >= 11 is 0. The molecule has 0 unspecified atom stereocenters. The van der Waals surface area contributed by atoms with E-state index in [-0.39, 0.29) is 23.7 Å². The van der Waals surface area contributed by atoms with Gasteiger partial charge in [0.15, 0.2) is 11.5 Å². The predicted molar refractivity (Wildman–Crippen MR) is 132 cm³/mol. The van der Waals surface area contributed by atoms with Gasteiger partial charge in [-0.05, 0) is 59.9 Å². The highest BCUT2D eigenvalue weighted by Crippen LogP contribution is 2.60. The van der Waals surface area contributed by atoms with Gasteiger partial charge in [0.05, 0.1) is 31.3 Å². The van der Waals surface area contributed by atoms with E-state index in [2.05, 4.69) is 29.4 Å². The molecule has 0 spiro atoms. The number of hydrazone groups is 1. The monoisotopic (exact) mass is 466 g/mol. The number of rotatable bonds is 6. The molecule has 6 nitrogen and oxygen atoms in total. The molecule has 6 heteroatoms. The van der Waals surface area contributed by atoms with Crippen molar-refractivity contribution in [1.82, 2.24) is 5.01 Å². The molecule has 35 heavy (non-hydrogen) atoms. The average Bonchev–Trinajstić information content (AvgIpc) is 3.14. The first kappa shape index (κ1) is 21.6. The van der Waals surface area contributed by atoms with Crippen molar-refractivity contribution in [3.63, 3.8) is 0 Å². The lowest BCUT2D eigenvalue weighted by molar-refractivity contribution is -0.139. The molecule has 3 aromatic rings. The minimum absolute atomic E-state index is 0.135. The topological polar surface area (TPSA) is 68.2 Å². The number of imide groups is 1. The predicted octanol–water partition coefficient (Wildman–Crippen LogP) is 4.71. The molecule has 1 heterocycles. The molecule has 3 aliphatic carbocycles. The van der Waals surface area contributed by atoms with Gasteiger partial charge in [0, 0.05) is 11.8 Å². The van der Waals surface area contributed by atoms with Crippen molar-refractivity contribution in [2.75, 3.05) is 13.2 Å². The molecule has 4 aliphatic rings. The first-order chi connectivity index (χ1) is 17.1. The third-order valence-electron chi connectivity index (χ3n) is 7.31. The summed E-state index contributed by atoms with van der Waals surface area (Å²) in [6.07, 6.45) is 1.55. The van der Waals surface area contributed by atoms with Gasteiger partial charge in [0.1, 0.15) is 0 Å². The molecule has 1 aliphatic heterocycles. The summed E-state index contributed by atoms with van der Waals surface area (Å²) in [5.74, 6) is -0.346. The third-order valence-corrected chi connectivity index (χ3v) is 7.31. The number of carbonyl (C=O) groups is 2. The third kappa shape index (κ3) is 3.20. The maximum atomic E-state index is 13.6. The first-order valence-electron chi connectivity index (χ1n) is 12.1. The largest absolute Gasteiger partial charge is 0.490 e. The second kappa shape index (κ2) is 8.38. The number of amides is 2.